The number of thioether (sulfide) groups is 1. The number of allylic oxidation sites excluding steroid dienone is 1. The van der Waals surface area contributed by atoms with Crippen LogP contribution in [-0.2, 0) is 16.1 Å². The minimum atomic E-state index is -0.438. The predicted molar refractivity (Wildman–Crippen MR) is 134 cm³/mol. The number of anilines is 1. The van der Waals surface area contributed by atoms with Gasteiger partial charge in [-0.3, -0.25) is 0 Å². The van der Waals surface area contributed by atoms with E-state index < -0.39 is 6.04 Å². The number of benzene rings is 2. The normalized spacial score (nSPS) is 15.0. The summed E-state index contributed by atoms with van der Waals surface area (Å²) in [7, 11) is 0. The van der Waals surface area contributed by atoms with Gasteiger partial charge in [0.05, 0.1) is 12.2 Å². The van der Waals surface area contributed by atoms with E-state index in [1.165, 1.54) is 0 Å². The largest absolute Gasteiger partial charge is 0.489 e. The Labute approximate surface area is 204 Å². The SMILES string of the molecule is CCCOC(=O)C1=C(C)Nc2nc(SCCC)nn2C1c1ccc(OCc2ccccc2)cc1. The lowest BCUT2D eigenvalue weighted by atomic mass is 9.96. The van der Waals surface area contributed by atoms with Gasteiger partial charge in [-0.2, -0.15) is 4.98 Å². The second-order valence-corrected chi connectivity index (χ2v) is 9.12. The van der Waals surface area contributed by atoms with Crippen LogP contribution in [0.25, 0.3) is 0 Å². The van der Waals surface area contributed by atoms with Crippen LogP contribution in [0.4, 0.5) is 5.95 Å². The van der Waals surface area contributed by atoms with Gasteiger partial charge in [0.25, 0.3) is 0 Å². The number of ether oxygens (including phenoxy) is 2. The highest BCUT2D eigenvalue weighted by Gasteiger charge is 2.35. The molecule has 1 N–H and O–H groups in total. The minimum absolute atomic E-state index is 0.342. The number of carbonyl (C=O) groups is 1. The summed E-state index contributed by atoms with van der Waals surface area (Å²) in [6.45, 7) is 6.85. The Bertz CT molecular complexity index is 1140. The van der Waals surface area contributed by atoms with Gasteiger partial charge in [-0.05, 0) is 43.0 Å². The lowest BCUT2D eigenvalue weighted by Gasteiger charge is -2.28. The van der Waals surface area contributed by atoms with Crippen molar-refractivity contribution in [2.75, 3.05) is 17.7 Å². The zero-order valence-electron chi connectivity index (χ0n) is 19.8. The average Bonchev–Trinajstić information content (AvgIpc) is 3.27. The van der Waals surface area contributed by atoms with E-state index in [0.717, 1.165) is 41.2 Å². The van der Waals surface area contributed by atoms with Crippen molar-refractivity contribution in [2.45, 2.75) is 51.4 Å². The Morgan fingerprint density at radius 3 is 2.56 bits per heavy atom. The number of nitrogens with one attached hydrogen (secondary N) is 1. The maximum atomic E-state index is 13.1. The average molecular weight is 479 g/mol. The molecule has 0 fully saturated rings. The fourth-order valence-electron chi connectivity index (χ4n) is 3.72. The molecule has 7 nitrogen and oxygen atoms in total. The summed E-state index contributed by atoms with van der Waals surface area (Å²) in [5.41, 5.74) is 3.28. The van der Waals surface area contributed by atoms with E-state index in [9.17, 15) is 4.79 Å². The van der Waals surface area contributed by atoms with Crippen molar-refractivity contribution >= 4 is 23.7 Å². The fraction of sp³-hybridized carbons (Fsp3) is 0.346. The van der Waals surface area contributed by atoms with Gasteiger partial charge in [-0.15, -0.1) is 5.10 Å². The summed E-state index contributed by atoms with van der Waals surface area (Å²) in [4.78, 5) is 17.7. The summed E-state index contributed by atoms with van der Waals surface area (Å²) in [6, 6.07) is 17.4. The van der Waals surface area contributed by atoms with E-state index in [0.29, 0.717) is 29.9 Å². The molecule has 178 valence electrons. The molecule has 1 aromatic heterocycles. The van der Waals surface area contributed by atoms with Crippen LogP contribution in [0.2, 0.25) is 0 Å². The third-order valence-corrected chi connectivity index (χ3v) is 6.41. The van der Waals surface area contributed by atoms with Gasteiger partial charge in [0.15, 0.2) is 0 Å². The van der Waals surface area contributed by atoms with Crippen LogP contribution >= 0.6 is 11.8 Å². The van der Waals surface area contributed by atoms with E-state index in [1.54, 1.807) is 16.4 Å². The lowest BCUT2D eigenvalue weighted by Crippen LogP contribution is -2.29. The Kier molecular flexibility index (Phi) is 7.90. The molecule has 1 aliphatic rings. The standard InChI is InChI=1S/C26H30N4O3S/c1-4-15-32-24(31)22-18(3)27-25-28-26(34-16-5-2)29-30(25)23(22)20-11-13-21(14-12-20)33-17-19-9-7-6-8-10-19/h6-14,23H,4-5,15-17H2,1-3H3,(H,27,28,29). The molecule has 0 spiro atoms. The topological polar surface area (TPSA) is 78.3 Å². The molecule has 3 aromatic rings. The Hall–Kier alpha value is -3.26. The van der Waals surface area contributed by atoms with Crippen molar-refractivity contribution in [1.82, 2.24) is 14.8 Å². The molecule has 8 heteroatoms. The van der Waals surface area contributed by atoms with Gasteiger partial charge >= 0.3 is 5.97 Å². The van der Waals surface area contributed by atoms with E-state index in [2.05, 4.69) is 17.2 Å². The molecule has 0 aliphatic carbocycles. The van der Waals surface area contributed by atoms with Gasteiger partial charge < -0.3 is 14.8 Å². The first-order valence-corrected chi connectivity index (χ1v) is 12.6. The highest BCUT2D eigenvalue weighted by Crippen LogP contribution is 2.37. The highest BCUT2D eigenvalue weighted by molar-refractivity contribution is 7.99. The Morgan fingerprint density at radius 1 is 1.09 bits per heavy atom. The van der Waals surface area contributed by atoms with Crippen molar-refractivity contribution in [3.63, 3.8) is 0 Å². The summed E-state index contributed by atoms with van der Waals surface area (Å²) in [6.07, 6.45) is 1.79. The van der Waals surface area contributed by atoms with Gasteiger partial charge in [-0.1, -0.05) is 68.1 Å². The Morgan fingerprint density at radius 2 is 1.85 bits per heavy atom. The Balaban J connectivity index is 1.63. The van der Waals surface area contributed by atoms with Crippen LogP contribution in [0.3, 0.4) is 0 Å². The number of aromatic nitrogens is 3. The zero-order chi connectivity index (χ0) is 23.9. The number of carbonyl (C=O) groups excluding carboxylic acids is 1. The molecular formula is C26H30N4O3S. The van der Waals surface area contributed by atoms with Crippen LogP contribution in [0.15, 0.2) is 71.0 Å². The summed E-state index contributed by atoms with van der Waals surface area (Å²) in [5, 5.41) is 8.66. The van der Waals surface area contributed by atoms with Gasteiger partial charge in [0.2, 0.25) is 11.1 Å². The number of nitrogens with zero attached hydrogens (tertiary/aromatic N) is 3. The van der Waals surface area contributed by atoms with Crippen LogP contribution in [-0.4, -0.2) is 33.1 Å². The van der Waals surface area contributed by atoms with E-state index >= 15 is 0 Å². The molecule has 1 atom stereocenters. The zero-order valence-corrected chi connectivity index (χ0v) is 20.6. The summed E-state index contributed by atoms with van der Waals surface area (Å²) >= 11 is 1.61. The van der Waals surface area contributed by atoms with Crippen molar-refractivity contribution in [3.05, 3.63) is 77.0 Å². The summed E-state index contributed by atoms with van der Waals surface area (Å²) in [5.74, 6) is 1.97. The van der Waals surface area contributed by atoms with E-state index in [-0.39, 0.29) is 5.97 Å². The van der Waals surface area contributed by atoms with Gasteiger partial charge in [0.1, 0.15) is 18.4 Å². The molecule has 0 amide bonds. The molecule has 1 aliphatic heterocycles. The first-order chi connectivity index (χ1) is 16.6. The van der Waals surface area contributed by atoms with Gasteiger partial charge in [0, 0.05) is 11.4 Å². The number of rotatable bonds is 10. The third-order valence-electron chi connectivity index (χ3n) is 5.37. The maximum absolute atomic E-state index is 13.1. The second kappa shape index (κ2) is 11.2. The van der Waals surface area contributed by atoms with Crippen molar-refractivity contribution in [3.8, 4) is 5.75 Å². The van der Waals surface area contributed by atoms with Crippen molar-refractivity contribution < 1.29 is 14.3 Å². The molecule has 0 bridgehead atoms. The monoisotopic (exact) mass is 478 g/mol. The number of fused-ring (bicyclic) bond motifs is 1. The highest BCUT2D eigenvalue weighted by atomic mass is 32.2. The van der Waals surface area contributed by atoms with E-state index in [4.69, 9.17) is 14.6 Å². The molecule has 2 aromatic carbocycles. The predicted octanol–water partition coefficient (Wildman–Crippen LogP) is 5.60. The molecule has 0 radical (unpaired) electrons. The maximum Gasteiger partial charge on any atom is 0.338 e. The number of hydrogen-bond acceptors (Lipinski definition) is 7. The molecule has 0 saturated heterocycles. The third kappa shape index (κ3) is 5.44. The molecule has 2 heterocycles. The number of hydrogen-bond donors (Lipinski definition) is 1. The quantitative estimate of drug-likeness (QED) is 0.300. The van der Waals surface area contributed by atoms with Gasteiger partial charge in [-0.25, -0.2) is 9.48 Å². The van der Waals surface area contributed by atoms with Crippen LogP contribution < -0.4 is 10.1 Å². The molecule has 34 heavy (non-hydrogen) atoms. The van der Waals surface area contributed by atoms with Crippen LogP contribution in [0, 0.1) is 0 Å². The lowest BCUT2D eigenvalue weighted by molar-refractivity contribution is -0.139. The molecule has 4 rings (SSSR count). The molecular weight excluding hydrogens is 448 g/mol. The van der Waals surface area contributed by atoms with Crippen LogP contribution in [0.1, 0.15) is 50.8 Å². The van der Waals surface area contributed by atoms with Crippen LogP contribution in [0.5, 0.6) is 5.75 Å². The fourth-order valence-corrected chi connectivity index (χ4v) is 4.40. The molecule has 1 unspecified atom stereocenters. The minimum Gasteiger partial charge on any atom is -0.489 e. The molecule has 0 saturated carbocycles. The first kappa shape index (κ1) is 23.9. The smallest absolute Gasteiger partial charge is 0.338 e. The summed E-state index contributed by atoms with van der Waals surface area (Å²) < 4.78 is 13.3. The van der Waals surface area contributed by atoms with E-state index in [1.807, 2.05) is 68.4 Å². The van der Waals surface area contributed by atoms with Crippen molar-refractivity contribution in [1.29, 1.82) is 0 Å². The second-order valence-electron chi connectivity index (χ2n) is 8.06. The number of esters is 1. The first-order valence-electron chi connectivity index (χ1n) is 11.6. The van der Waals surface area contributed by atoms with Crippen molar-refractivity contribution in [2.24, 2.45) is 0 Å².